The van der Waals surface area contributed by atoms with Crippen LogP contribution in [-0.4, -0.2) is 17.3 Å². The Kier molecular flexibility index (Phi) is 4.20. The summed E-state index contributed by atoms with van der Waals surface area (Å²) in [6.07, 6.45) is 0.496. The lowest BCUT2D eigenvalue weighted by molar-refractivity contribution is -0.133. The molecule has 23 heavy (non-hydrogen) atoms. The summed E-state index contributed by atoms with van der Waals surface area (Å²) in [6.45, 7) is 1.82. The second kappa shape index (κ2) is 6.29. The highest BCUT2D eigenvalue weighted by atomic mass is 16.2. The number of benzene rings is 2. The van der Waals surface area contributed by atoms with Gasteiger partial charge in [0.25, 0.3) is 0 Å². The maximum atomic E-state index is 12.6. The van der Waals surface area contributed by atoms with E-state index in [9.17, 15) is 14.4 Å². The molecule has 1 aliphatic rings. The zero-order valence-electron chi connectivity index (χ0n) is 13.0. The van der Waals surface area contributed by atoms with Crippen LogP contribution >= 0.6 is 0 Å². The van der Waals surface area contributed by atoms with Crippen LogP contribution in [0.25, 0.3) is 0 Å². The van der Waals surface area contributed by atoms with Crippen LogP contribution < -0.4 is 0 Å². The van der Waals surface area contributed by atoms with Crippen molar-refractivity contribution in [1.82, 2.24) is 0 Å². The van der Waals surface area contributed by atoms with Crippen LogP contribution in [0.5, 0.6) is 0 Å². The van der Waals surface area contributed by atoms with Gasteiger partial charge in [-0.05, 0) is 24.0 Å². The first-order valence-electron chi connectivity index (χ1n) is 7.78. The molecule has 1 saturated carbocycles. The fourth-order valence-corrected chi connectivity index (χ4v) is 3.23. The lowest BCUT2D eigenvalue weighted by Crippen LogP contribution is -2.38. The van der Waals surface area contributed by atoms with Gasteiger partial charge in [-0.1, -0.05) is 54.6 Å². The summed E-state index contributed by atoms with van der Waals surface area (Å²) < 4.78 is 0. The Hall–Kier alpha value is -2.55. The summed E-state index contributed by atoms with van der Waals surface area (Å²) in [5, 5.41) is 0. The van der Waals surface area contributed by atoms with Gasteiger partial charge in [0.15, 0.2) is 17.3 Å². The largest absolute Gasteiger partial charge is 0.298 e. The van der Waals surface area contributed by atoms with Crippen molar-refractivity contribution in [3.63, 3.8) is 0 Å². The Morgan fingerprint density at radius 3 is 2.04 bits per heavy atom. The minimum absolute atomic E-state index is 0.114. The van der Waals surface area contributed by atoms with E-state index in [-0.39, 0.29) is 36.1 Å². The van der Waals surface area contributed by atoms with Gasteiger partial charge in [0.05, 0.1) is 0 Å². The molecular weight excluding hydrogens is 288 g/mol. The number of ketones is 3. The molecule has 0 heterocycles. The predicted molar refractivity (Wildman–Crippen MR) is 87.4 cm³/mol. The molecule has 2 aromatic rings. The highest BCUT2D eigenvalue weighted by Gasteiger charge is 2.41. The molecule has 0 aliphatic heterocycles. The van der Waals surface area contributed by atoms with Crippen molar-refractivity contribution in [2.45, 2.75) is 25.7 Å². The molecule has 3 rings (SSSR count). The topological polar surface area (TPSA) is 51.2 Å². The molecule has 0 spiro atoms. The summed E-state index contributed by atoms with van der Waals surface area (Å²) in [6, 6.07) is 16.6. The molecule has 3 nitrogen and oxygen atoms in total. The highest BCUT2D eigenvalue weighted by Crippen LogP contribution is 2.33. The average molecular weight is 306 g/mol. The molecule has 0 radical (unpaired) electrons. The van der Waals surface area contributed by atoms with E-state index in [1.165, 1.54) is 0 Å². The first kappa shape index (κ1) is 15.3. The van der Waals surface area contributed by atoms with Crippen LogP contribution in [0.15, 0.2) is 54.6 Å². The molecule has 3 heteroatoms. The van der Waals surface area contributed by atoms with Crippen molar-refractivity contribution in [3.05, 3.63) is 71.3 Å². The van der Waals surface area contributed by atoms with Crippen molar-refractivity contribution in [2.75, 3.05) is 0 Å². The van der Waals surface area contributed by atoms with E-state index < -0.39 is 5.92 Å². The Balaban J connectivity index is 1.84. The fourth-order valence-electron chi connectivity index (χ4n) is 3.23. The van der Waals surface area contributed by atoms with E-state index in [0.29, 0.717) is 5.56 Å². The van der Waals surface area contributed by atoms with Gasteiger partial charge in [0.2, 0.25) is 0 Å². The zero-order valence-corrected chi connectivity index (χ0v) is 13.0. The Bertz CT molecular complexity index is 743. The van der Waals surface area contributed by atoms with E-state index in [4.69, 9.17) is 0 Å². The third-order valence-corrected chi connectivity index (χ3v) is 4.48. The fraction of sp³-hybridized carbons (Fsp3) is 0.250. The number of carbonyl (C=O) groups is 3. The quantitative estimate of drug-likeness (QED) is 0.644. The van der Waals surface area contributed by atoms with E-state index in [2.05, 4.69) is 0 Å². The molecule has 0 unspecified atom stereocenters. The van der Waals surface area contributed by atoms with Gasteiger partial charge >= 0.3 is 0 Å². The number of hydrogen-bond acceptors (Lipinski definition) is 3. The van der Waals surface area contributed by atoms with Crippen molar-refractivity contribution in [2.24, 2.45) is 5.92 Å². The molecule has 2 aromatic carbocycles. The van der Waals surface area contributed by atoms with Crippen LogP contribution in [0.4, 0.5) is 0 Å². The molecule has 0 bridgehead atoms. The third-order valence-electron chi connectivity index (χ3n) is 4.48. The lowest BCUT2D eigenvalue weighted by Gasteiger charge is -2.26. The summed E-state index contributed by atoms with van der Waals surface area (Å²) in [4.78, 5) is 37.6. The number of Topliss-reactive ketones (excluding diaryl/α,β-unsaturated/α-hetero) is 3. The Morgan fingerprint density at radius 1 is 0.870 bits per heavy atom. The zero-order chi connectivity index (χ0) is 16.4. The predicted octanol–water partition coefficient (Wildman–Crippen LogP) is 3.51. The summed E-state index contributed by atoms with van der Waals surface area (Å²) in [5.41, 5.74) is 2.25. The second-order valence-corrected chi connectivity index (χ2v) is 6.06. The summed E-state index contributed by atoms with van der Waals surface area (Å²) >= 11 is 0. The van der Waals surface area contributed by atoms with Gasteiger partial charge in [-0.3, -0.25) is 14.4 Å². The van der Waals surface area contributed by atoms with Gasteiger partial charge in [-0.15, -0.1) is 0 Å². The highest BCUT2D eigenvalue weighted by molar-refractivity contribution is 6.25. The molecule has 116 valence electrons. The number of hydrogen-bond donors (Lipinski definition) is 0. The SMILES string of the molecule is Cc1ccccc1C(=O)C1C(=O)CC(c2ccccc2)CC1=O. The van der Waals surface area contributed by atoms with Crippen molar-refractivity contribution in [3.8, 4) is 0 Å². The standard InChI is InChI=1S/C20H18O3/c1-13-7-5-6-10-16(13)20(23)19-17(21)11-15(12-18(19)22)14-8-3-2-4-9-14/h2-10,15,19H,11-12H2,1H3. The first-order chi connectivity index (χ1) is 11.1. The molecule has 0 atom stereocenters. The van der Waals surface area contributed by atoms with Gasteiger partial charge in [-0.2, -0.15) is 0 Å². The van der Waals surface area contributed by atoms with E-state index in [0.717, 1.165) is 11.1 Å². The number of carbonyl (C=O) groups excluding carboxylic acids is 3. The molecule has 0 amide bonds. The molecule has 0 saturated heterocycles. The van der Waals surface area contributed by atoms with Crippen LogP contribution in [0.3, 0.4) is 0 Å². The van der Waals surface area contributed by atoms with Crippen molar-refractivity contribution in [1.29, 1.82) is 0 Å². The van der Waals surface area contributed by atoms with E-state index >= 15 is 0 Å². The number of aryl methyl sites for hydroxylation is 1. The van der Waals surface area contributed by atoms with E-state index in [1.54, 1.807) is 12.1 Å². The minimum Gasteiger partial charge on any atom is -0.298 e. The van der Waals surface area contributed by atoms with Crippen molar-refractivity contribution < 1.29 is 14.4 Å². The van der Waals surface area contributed by atoms with Crippen molar-refractivity contribution >= 4 is 17.3 Å². The number of rotatable bonds is 3. The second-order valence-electron chi connectivity index (χ2n) is 6.06. The maximum Gasteiger partial charge on any atom is 0.181 e. The molecular formula is C20H18O3. The summed E-state index contributed by atoms with van der Waals surface area (Å²) in [7, 11) is 0. The molecule has 0 aromatic heterocycles. The van der Waals surface area contributed by atoms with Crippen LogP contribution in [0.2, 0.25) is 0 Å². The monoisotopic (exact) mass is 306 g/mol. The third kappa shape index (κ3) is 3.00. The first-order valence-corrected chi connectivity index (χ1v) is 7.78. The van der Waals surface area contributed by atoms with Gasteiger partial charge in [0.1, 0.15) is 5.92 Å². The molecule has 0 N–H and O–H groups in total. The molecule has 1 aliphatic carbocycles. The smallest absolute Gasteiger partial charge is 0.181 e. The maximum absolute atomic E-state index is 12.6. The summed E-state index contributed by atoms with van der Waals surface area (Å²) in [5.74, 6) is -2.12. The van der Waals surface area contributed by atoms with E-state index in [1.807, 2.05) is 49.4 Å². The van der Waals surface area contributed by atoms with Crippen LogP contribution in [-0.2, 0) is 9.59 Å². The van der Waals surface area contributed by atoms with Gasteiger partial charge in [0, 0.05) is 18.4 Å². The lowest BCUT2D eigenvalue weighted by atomic mass is 9.74. The Morgan fingerprint density at radius 2 is 1.43 bits per heavy atom. The minimum atomic E-state index is -1.13. The van der Waals surface area contributed by atoms with Gasteiger partial charge in [-0.25, -0.2) is 0 Å². The van der Waals surface area contributed by atoms with Gasteiger partial charge < -0.3 is 0 Å². The molecule has 1 fully saturated rings. The Labute approximate surface area is 135 Å². The average Bonchev–Trinajstić information content (AvgIpc) is 2.55. The van der Waals surface area contributed by atoms with Crippen LogP contribution in [0, 0.1) is 12.8 Å². The van der Waals surface area contributed by atoms with Crippen LogP contribution in [0.1, 0.15) is 40.2 Å². The normalized spacial score (nSPS) is 21.3.